The number of aromatic nitrogens is 2. The SMILES string of the molecule is C=CCc1cn(-c2ccccc2)c(COC(=O)C(=C)C)n1. The van der Waals surface area contributed by atoms with E-state index in [9.17, 15) is 4.79 Å². The Hall–Kier alpha value is -2.62. The predicted molar refractivity (Wildman–Crippen MR) is 82.1 cm³/mol. The number of benzene rings is 1. The predicted octanol–water partition coefficient (Wildman–Crippen LogP) is 3.22. The summed E-state index contributed by atoms with van der Waals surface area (Å²) in [4.78, 5) is 16.0. The third kappa shape index (κ3) is 3.69. The number of esters is 1. The Morgan fingerprint density at radius 3 is 2.71 bits per heavy atom. The van der Waals surface area contributed by atoms with E-state index in [2.05, 4.69) is 18.1 Å². The van der Waals surface area contributed by atoms with Gasteiger partial charge in [0.25, 0.3) is 0 Å². The van der Waals surface area contributed by atoms with Gasteiger partial charge in [-0.1, -0.05) is 30.9 Å². The highest BCUT2D eigenvalue weighted by Crippen LogP contribution is 2.14. The number of ether oxygens (including phenoxy) is 1. The fraction of sp³-hybridized carbons (Fsp3) is 0.176. The molecule has 0 spiro atoms. The molecule has 0 unspecified atom stereocenters. The second-order valence-electron chi connectivity index (χ2n) is 4.70. The van der Waals surface area contributed by atoms with Crippen LogP contribution in [0.3, 0.4) is 0 Å². The van der Waals surface area contributed by atoms with Crippen LogP contribution in [0.1, 0.15) is 18.4 Å². The maximum Gasteiger partial charge on any atom is 0.333 e. The molecule has 0 atom stereocenters. The van der Waals surface area contributed by atoms with Crippen molar-refractivity contribution in [3.8, 4) is 5.69 Å². The van der Waals surface area contributed by atoms with Gasteiger partial charge in [0.1, 0.15) is 6.61 Å². The number of hydrogen-bond acceptors (Lipinski definition) is 3. The Balaban J connectivity index is 2.28. The monoisotopic (exact) mass is 282 g/mol. The van der Waals surface area contributed by atoms with Crippen LogP contribution >= 0.6 is 0 Å². The van der Waals surface area contributed by atoms with Crippen LogP contribution in [0.2, 0.25) is 0 Å². The third-order valence-electron chi connectivity index (χ3n) is 2.90. The van der Waals surface area contributed by atoms with Crippen LogP contribution in [0.4, 0.5) is 0 Å². The van der Waals surface area contributed by atoms with Crippen LogP contribution in [0.15, 0.2) is 61.3 Å². The standard InChI is InChI=1S/C17H18N2O2/c1-4-8-14-11-19(15-9-6-5-7-10-15)16(18-14)12-21-17(20)13(2)3/h4-7,9-11H,1-2,8,12H2,3H3. The van der Waals surface area contributed by atoms with Gasteiger partial charge in [-0.2, -0.15) is 0 Å². The number of rotatable bonds is 6. The van der Waals surface area contributed by atoms with E-state index in [1.807, 2.05) is 41.1 Å². The first kappa shape index (κ1) is 14.8. The molecule has 4 nitrogen and oxygen atoms in total. The average Bonchev–Trinajstić information content (AvgIpc) is 2.89. The summed E-state index contributed by atoms with van der Waals surface area (Å²) in [6.07, 6.45) is 4.39. The van der Waals surface area contributed by atoms with Crippen LogP contribution < -0.4 is 0 Å². The maximum absolute atomic E-state index is 11.5. The second kappa shape index (κ2) is 6.70. The summed E-state index contributed by atoms with van der Waals surface area (Å²) in [5, 5.41) is 0. The molecule has 0 bridgehead atoms. The minimum atomic E-state index is -0.414. The maximum atomic E-state index is 11.5. The van der Waals surface area contributed by atoms with Gasteiger partial charge in [-0.05, 0) is 19.1 Å². The van der Waals surface area contributed by atoms with Crippen LogP contribution in [0.25, 0.3) is 5.69 Å². The lowest BCUT2D eigenvalue weighted by Crippen LogP contribution is -2.09. The zero-order chi connectivity index (χ0) is 15.2. The number of carbonyl (C=O) groups excluding carboxylic acids is 1. The summed E-state index contributed by atoms with van der Waals surface area (Å²) in [5.41, 5.74) is 2.23. The van der Waals surface area contributed by atoms with Crippen molar-refractivity contribution in [2.75, 3.05) is 0 Å². The summed E-state index contributed by atoms with van der Waals surface area (Å²) in [6, 6.07) is 9.80. The molecule has 0 aliphatic rings. The molecular weight excluding hydrogens is 264 g/mol. The molecule has 2 aromatic rings. The van der Waals surface area contributed by atoms with Crippen molar-refractivity contribution in [1.82, 2.24) is 9.55 Å². The van der Waals surface area contributed by atoms with E-state index in [0.29, 0.717) is 17.8 Å². The molecule has 2 rings (SSSR count). The highest BCUT2D eigenvalue weighted by Gasteiger charge is 2.12. The normalized spacial score (nSPS) is 10.1. The van der Waals surface area contributed by atoms with E-state index in [1.165, 1.54) is 0 Å². The highest BCUT2D eigenvalue weighted by molar-refractivity contribution is 5.86. The van der Waals surface area contributed by atoms with Crippen molar-refractivity contribution in [3.63, 3.8) is 0 Å². The molecule has 4 heteroatoms. The van der Waals surface area contributed by atoms with Crippen molar-refractivity contribution < 1.29 is 9.53 Å². The number of nitrogens with zero attached hydrogens (tertiary/aromatic N) is 2. The fourth-order valence-electron chi connectivity index (χ4n) is 1.89. The first-order chi connectivity index (χ1) is 10.1. The molecule has 0 saturated carbocycles. The number of para-hydroxylation sites is 1. The van der Waals surface area contributed by atoms with Gasteiger partial charge < -0.3 is 9.30 Å². The van der Waals surface area contributed by atoms with Gasteiger partial charge >= 0.3 is 5.97 Å². The largest absolute Gasteiger partial charge is 0.454 e. The molecule has 0 aliphatic heterocycles. The molecule has 21 heavy (non-hydrogen) atoms. The lowest BCUT2D eigenvalue weighted by atomic mass is 10.3. The average molecular weight is 282 g/mol. The Kier molecular flexibility index (Phi) is 4.72. The van der Waals surface area contributed by atoms with Gasteiger partial charge in [-0.3, -0.25) is 0 Å². The Labute approximate surface area is 124 Å². The summed E-state index contributed by atoms with van der Waals surface area (Å²) >= 11 is 0. The smallest absolute Gasteiger partial charge is 0.333 e. The summed E-state index contributed by atoms with van der Waals surface area (Å²) in [7, 11) is 0. The zero-order valence-corrected chi connectivity index (χ0v) is 12.1. The van der Waals surface area contributed by atoms with E-state index in [0.717, 1.165) is 11.4 Å². The van der Waals surface area contributed by atoms with Crippen LogP contribution in [0, 0.1) is 0 Å². The van der Waals surface area contributed by atoms with Crippen LogP contribution in [0.5, 0.6) is 0 Å². The molecule has 0 amide bonds. The minimum Gasteiger partial charge on any atom is -0.454 e. The van der Waals surface area contributed by atoms with Crippen molar-refractivity contribution in [1.29, 1.82) is 0 Å². The Morgan fingerprint density at radius 1 is 1.38 bits per heavy atom. The van der Waals surface area contributed by atoms with Crippen molar-refractivity contribution >= 4 is 5.97 Å². The summed E-state index contributed by atoms with van der Waals surface area (Å²) in [6.45, 7) is 9.02. The van der Waals surface area contributed by atoms with E-state index in [1.54, 1.807) is 13.0 Å². The van der Waals surface area contributed by atoms with E-state index in [4.69, 9.17) is 4.74 Å². The molecular formula is C17H18N2O2. The van der Waals surface area contributed by atoms with E-state index >= 15 is 0 Å². The topological polar surface area (TPSA) is 44.1 Å². The molecule has 0 fully saturated rings. The molecule has 108 valence electrons. The van der Waals surface area contributed by atoms with E-state index < -0.39 is 5.97 Å². The van der Waals surface area contributed by atoms with Gasteiger partial charge in [0.05, 0.1) is 5.69 Å². The number of hydrogen-bond donors (Lipinski definition) is 0. The summed E-state index contributed by atoms with van der Waals surface area (Å²) < 4.78 is 7.12. The molecule has 0 radical (unpaired) electrons. The molecule has 1 heterocycles. The van der Waals surface area contributed by atoms with Crippen LogP contribution in [-0.4, -0.2) is 15.5 Å². The highest BCUT2D eigenvalue weighted by atomic mass is 16.5. The van der Waals surface area contributed by atoms with Crippen molar-refractivity contribution in [2.24, 2.45) is 0 Å². The fourth-order valence-corrected chi connectivity index (χ4v) is 1.89. The first-order valence-corrected chi connectivity index (χ1v) is 6.68. The number of imidazole rings is 1. The Morgan fingerprint density at radius 2 is 2.10 bits per heavy atom. The Bertz CT molecular complexity index is 657. The van der Waals surface area contributed by atoms with Gasteiger partial charge in [0.2, 0.25) is 0 Å². The van der Waals surface area contributed by atoms with Crippen molar-refractivity contribution in [2.45, 2.75) is 20.0 Å². The third-order valence-corrected chi connectivity index (χ3v) is 2.90. The number of carbonyl (C=O) groups is 1. The van der Waals surface area contributed by atoms with Gasteiger partial charge in [-0.15, -0.1) is 6.58 Å². The van der Waals surface area contributed by atoms with E-state index in [-0.39, 0.29) is 6.61 Å². The van der Waals surface area contributed by atoms with Crippen LogP contribution in [-0.2, 0) is 22.6 Å². The number of allylic oxidation sites excluding steroid dienone is 1. The van der Waals surface area contributed by atoms with Crippen molar-refractivity contribution in [3.05, 3.63) is 72.9 Å². The van der Waals surface area contributed by atoms with Gasteiger partial charge in [-0.25, -0.2) is 9.78 Å². The molecule has 0 N–H and O–H groups in total. The minimum absolute atomic E-state index is 0.109. The lowest BCUT2D eigenvalue weighted by molar-refractivity contribution is -0.140. The molecule has 0 saturated heterocycles. The van der Waals surface area contributed by atoms with Gasteiger partial charge in [0, 0.05) is 23.9 Å². The quantitative estimate of drug-likeness (QED) is 0.464. The lowest BCUT2D eigenvalue weighted by Gasteiger charge is -2.08. The summed E-state index contributed by atoms with van der Waals surface area (Å²) in [5.74, 6) is 0.260. The molecule has 1 aromatic carbocycles. The first-order valence-electron chi connectivity index (χ1n) is 6.68. The molecule has 0 aliphatic carbocycles. The molecule has 1 aromatic heterocycles. The zero-order valence-electron chi connectivity index (χ0n) is 12.1. The second-order valence-corrected chi connectivity index (χ2v) is 4.70. The van der Waals surface area contributed by atoms with Gasteiger partial charge in [0.15, 0.2) is 5.82 Å².